The highest BCUT2D eigenvalue weighted by Crippen LogP contribution is 2.56. The van der Waals surface area contributed by atoms with Gasteiger partial charge >= 0.3 is 12.1 Å². The summed E-state index contributed by atoms with van der Waals surface area (Å²) < 4.78 is 126. The minimum Gasteiger partial charge on any atom is -0.490 e. The first-order valence-corrected chi connectivity index (χ1v) is 14.2. The summed E-state index contributed by atoms with van der Waals surface area (Å²) in [6.45, 7) is -0.786. The average Bonchev–Trinajstić information content (AvgIpc) is 2.78. The van der Waals surface area contributed by atoms with Gasteiger partial charge in [-0.2, -0.15) is 22.0 Å². The van der Waals surface area contributed by atoms with Gasteiger partial charge in [-0.1, -0.05) is 6.42 Å². The van der Waals surface area contributed by atoms with Gasteiger partial charge < -0.3 is 4.74 Å². The molecule has 3 atom stereocenters. The van der Waals surface area contributed by atoms with Crippen molar-refractivity contribution < 1.29 is 48.3 Å². The Morgan fingerprint density at radius 2 is 1.75 bits per heavy atom. The smallest absolute Gasteiger partial charge is 0.416 e. The molecule has 3 aliphatic rings. The molecule has 0 aromatic heterocycles. The van der Waals surface area contributed by atoms with Crippen LogP contribution in [0.4, 0.5) is 22.0 Å². The van der Waals surface area contributed by atoms with Gasteiger partial charge in [0.25, 0.3) is 0 Å². The number of fused-ring (bicyclic) bond motifs is 2. The summed E-state index contributed by atoms with van der Waals surface area (Å²) in [5.74, 6) is -7.74. The zero-order valence-electron chi connectivity index (χ0n) is 18.8. The monoisotopic (exact) mass is 555 g/mol. The van der Waals surface area contributed by atoms with Crippen molar-refractivity contribution in [2.75, 3.05) is 19.4 Å². The molecule has 36 heavy (non-hydrogen) atoms. The standard InChI is InChI=1S/C22H22F5NO6S2/c1-35(30,31)28-11-13-3-2-9-20(36(32,33)15-6-4-14(5-7-15)22(25,26)27)16(13)12-34-19-18(20)17(29)8-10-21(19,23)24/h4-8,10,13,16,28H,2-3,9,11-12H2,1H3/t13-,16-,20-/m0/s1. The fourth-order valence-electron chi connectivity index (χ4n) is 5.34. The van der Waals surface area contributed by atoms with Gasteiger partial charge in [0, 0.05) is 12.5 Å². The summed E-state index contributed by atoms with van der Waals surface area (Å²) in [6.07, 6.45) is -2.80. The molecule has 1 saturated carbocycles. The Morgan fingerprint density at radius 3 is 2.33 bits per heavy atom. The van der Waals surface area contributed by atoms with E-state index in [0.29, 0.717) is 30.7 Å². The van der Waals surface area contributed by atoms with Gasteiger partial charge in [0.05, 0.1) is 28.9 Å². The van der Waals surface area contributed by atoms with Crippen LogP contribution in [0.3, 0.4) is 0 Å². The maximum Gasteiger partial charge on any atom is 0.416 e. The van der Waals surface area contributed by atoms with E-state index in [-0.39, 0.29) is 19.4 Å². The van der Waals surface area contributed by atoms with Crippen LogP contribution in [0.5, 0.6) is 0 Å². The van der Waals surface area contributed by atoms with E-state index in [1.54, 1.807) is 0 Å². The Labute approximate surface area is 204 Å². The number of rotatable bonds is 5. The van der Waals surface area contributed by atoms with E-state index < -0.39 is 82.7 Å². The molecule has 1 aromatic rings. The van der Waals surface area contributed by atoms with Crippen LogP contribution in [0.2, 0.25) is 0 Å². The molecule has 1 N–H and O–H groups in total. The molecule has 14 heteroatoms. The van der Waals surface area contributed by atoms with Gasteiger partial charge in [-0.05, 0) is 55.2 Å². The lowest BCUT2D eigenvalue weighted by Gasteiger charge is -2.51. The van der Waals surface area contributed by atoms with Gasteiger partial charge in [-0.25, -0.2) is 21.6 Å². The molecule has 198 valence electrons. The number of alkyl halides is 5. The van der Waals surface area contributed by atoms with Gasteiger partial charge in [0.15, 0.2) is 21.4 Å². The van der Waals surface area contributed by atoms with E-state index in [0.717, 1.165) is 18.4 Å². The summed E-state index contributed by atoms with van der Waals surface area (Å²) in [5, 5.41) is 0. The van der Waals surface area contributed by atoms with Crippen LogP contribution in [-0.4, -0.2) is 52.7 Å². The minimum atomic E-state index is -4.76. The number of sulfonamides is 1. The highest BCUT2D eigenvalue weighted by molar-refractivity contribution is 7.93. The van der Waals surface area contributed by atoms with Crippen LogP contribution < -0.4 is 4.72 Å². The average molecular weight is 556 g/mol. The predicted octanol–water partition coefficient (Wildman–Crippen LogP) is 3.24. The molecule has 2 aliphatic carbocycles. The van der Waals surface area contributed by atoms with Gasteiger partial charge in [-0.3, -0.25) is 4.79 Å². The topological polar surface area (TPSA) is 107 Å². The van der Waals surface area contributed by atoms with Crippen LogP contribution >= 0.6 is 0 Å². The molecule has 1 aromatic carbocycles. The fourth-order valence-corrected chi connectivity index (χ4v) is 8.31. The van der Waals surface area contributed by atoms with Gasteiger partial charge in [0.2, 0.25) is 10.0 Å². The molecule has 0 radical (unpaired) electrons. The van der Waals surface area contributed by atoms with E-state index in [4.69, 9.17) is 4.74 Å². The number of hydrogen-bond acceptors (Lipinski definition) is 6. The SMILES string of the molecule is CS(=O)(=O)NC[C@@H]1CCC[C@@]2(S(=O)(=O)c3ccc(C(F)(F)F)cc3)C3=C(OC[C@@H]12)C(F)(F)C=CC3=O. The van der Waals surface area contributed by atoms with E-state index in [1.807, 2.05) is 0 Å². The summed E-state index contributed by atoms with van der Waals surface area (Å²) >= 11 is 0. The third kappa shape index (κ3) is 4.36. The van der Waals surface area contributed by atoms with Crippen molar-refractivity contribution >= 4 is 25.6 Å². The number of ether oxygens (including phenoxy) is 1. The highest BCUT2D eigenvalue weighted by atomic mass is 32.2. The quantitative estimate of drug-likeness (QED) is 0.560. The number of nitrogens with one attached hydrogen (secondary N) is 1. The summed E-state index contributed by atoms with van der Waals surface area (Å²) in [4.78, 5) is 12.4. The Kier molecular flexibility index (Phi) is 6.40. The van der Waals surface area contributed by atoms with Crippen LogP contribution in [0, 0.1) is 11.8 Å². The second kappa shape index (κ2) is 8.62. The molecular formula is C22H22F5NO6S2. The minimum absolute atomic E-state index is 0.131. The molecule has 4 rings (SSSR count). The number of benzene rings is 1. The van der Waals surface area contributed by atoms with Crippen LogP contribution in [0.25, 0.3) is 0 Å². The largest absolute Gasteiger partial charge is 0.490 e. The predicted molar refractivity (Wildman–Crippen MR) is 117 cm³/mol. The highest BCUT2D eigenvalue weighted by Gasteiger charge is 2.64. The number of carbonyl (C=O) groups excluding carboxylic acids is 1. The van der Waals surface area contributed by atoms with Gasteiger partial charge in [-0.15, -0.1) is 0 Å². The van der Waals surface area contributed by atoms with E-state index in [9.17, 15) is 43.6 Å². The van der Waals surface area contributed by atoms with Crippen molar-refractivity contribution in [1.82, 2.24) is 4.72 Å². The second-order valence-electron chi connectivity index (χ2n) is 9.13. The maximum absolute atomic E-state index is 14.8. The first kappa shape index (κ1) is 26.7. The molecule has 1 aliphatic heterocycles. The van der Waals surface area contributed by atoms with E-state index >= 15 is 0 Å². The number of carbonyl (C=O) groups is 1. The van der Waals surface area contributed by atoms with Crippen molar-refractivity contribution in [3.8, 4) is 0 Å². The molecule has 0 saturated heterocycles. The molecule has 0 spiro atoms. The van der Waals surface area contributed by atoms with E-state index in [1.165, 1.54) is 0 Å². The van der Waals surface area contributed by atoms with Crippen LogP contribution in [0.1, 0.15) is 24.8 Å². The fraction of sp³-hybridized carbons (Fsp3) is 0.500. The Balaban J connectivity index is 1.92. The van der Waals surface area contributed by atoms with Crippen molar-refractivity contribution in [3.63, 3.8) is 0 Å². The van der Waals surface area contributed by atoms with Crippen molar-refractivity contribution in [2.45, 2.75) is 41.0 Å². The molecule has 7 nitrogen and oxygen atoms in total. The number of ketones is 1. The third-order valence-electron chi connectivity index (χ3n) is 6.92. The van der Waals surface area contributed by atoms with Crippen LogP contribution in [0.15, 0.2) is 52.6 Å². The second-order valence-corrected chi connectivity index (χ2v) is 13.2. The molecule has 0 amide bonds. The molecule has 1 heterocycles. The lowest BCUT2D eigenvalue weighted by Crippen LogP contribution is -2.60. The number of allylic oxidation sites excluding steroid dienone is 2. The first-order valence-electron chi connectivity index (χ1n) is 10.9. The van der Waals surface area contributed by atoms with Crippen molar-refractivity contribution in [3.05, 3.63) is 53.3 Å². The normalized spacial score (nSPS) is 28.3. The number of halogens is 5. The molecular weight excluding hydrogens is 533 g/mol. The Bertz CT molecular complexity index is 1350. The number of hydrogen-bond donors (Lipinski definition) is 1. The molecule has 0 bridgehead atoms. The van der Waals surface area contributed by atoms with Crippen molar-refractivity contribution in [1.29, 1.82) is 0 Å². The summed E-state index contributed by atoms with van der Waals surface area (Å²) in [6, 6.07) is 2.60. The van der Waals surface area contributed by atoms with E-state index in [2.05, 4.69) is 4.72 Å². The van der Waals surface area contributed by atoms with Gasteiger partial charge in [0.1, 0.15) is 4.75 Å². The van der Waals surface area contributed by atoms with Crippen LogP contribution in [-0.2, 0) is 35.6 Å². The zero-order chi connectivity index (χ0) is 26.7. The number of sulfone groups is 1. The third-order valence-corrected chi connectivity index (χ3v) is 10.2. The Morgan fingerprint density at radius 1 is 1.11 bits per heavy atom. The lowest BCUT2D eigenvalue weighted by molar-refractivity contribution is -0.137. The lowest BCUT2D eigenvalue weighted by atomic mass is 9.65. The summed E-state index contributed by atoms with van der Waals surface area (Å²) in [7, 11) is -8.45. The zero-order valence-corrected chi connectivity index (χ0v) is 20.4. The summed E-state index contributed by atoms with van der Waals surface area (Å²) in [5.41, 5.74) is -1.86. The Hall–Kier alpha value is -2.32. The molecule has 0 unspecified atom stereocenters. The maximum atomic E-state index is 14.8. The molecule has 1 fully saturated rings. The van der Waals surface area contributed by atoms with Crippen molar-refractivity contribution in [2.24, 2.45) is 11.8 Å². The first-order chi connectivity index (χ1) is 16.5.